The monoisotopic (exact) mass is 353 g/mol. The molecular formula is C9H9ClIN3O2. The minimum absolute atomic E-state index is 0.0463. The first kappa shape index (κ1) is 11.8. The molecule has 1 N–H and O–H groups in total. The number of halogens is 2. The Morgan fingerprint density at radius 2 is 2.38 bits per heavy atom. The number of carbonyl (C=O) groups is 1. The molecule has 1 unspecified atom stereocenters. The zero-order valence-corrected chi connectivity index (χ0v) is 11.2. The average molecular weight is 354 g/mol. The maximum absolute atomic E-state index is 11.6. The number of aromatic amines is 1. The lowest BCUT2D eigenvalue weighted by molar-refractivity contribution is -0.117. The van der Waals surface area contributed by atoms with Crippen molar-refractivity contribution in [3.05, 3.63) is 20.1 Å². The Balaban J connectivity index is 2.28. The van der Waals surface area contributed by atoms with E-state index in [0.29, 0.717) is 28.4 Å². The number of anilines is 1. The Hall–Kier alpha value is -0.630. The fourth-order valence-electron chi connectivity index (χ4n) is 1.60. The number of alkyl halides is 1. The van der Waals surface area contributed by atoms with Gasteiger partial charge in [-0.1, -0.05) is 0 Å². The fraction of sp³-hybridized carbons (Fsp3) is 0.444. The number of hydrogen-bond acceptors (Lipinski definition) is 3. The first-order valence-electron chi connectivity index (χ1n) is 4.73. The smallest absolute Gasteiger partial charge is 0.265 e. The van der Waals surface area contributed by atoms with Crippen molar-refractivity contribution in [2.75, 3.05) is 17.3 Å². The maximum atomic E-state index is 11.6. The van der Waals surface area contributed by atoms with Crippen LogP contribution in [0.1, 0.15) is 6.42 Å². The summed E-state index contributed by atoms with van der Waals surface area (Å²) in [4.78, 5) is 31.1. The predicted molar refractivity (Wildman–Crippen MR) is 68.8 cm³/mol. The lowest BCUT2D eigenvalue weighted by Gasteiger charge is -2.13. The Morgan fingerprint density at radius 1 is 1.62 bits per heavy atom. The Bertz CT molecular complexity index is 476. The molecule has 86 valence electrons. The molecular weight excluding hydrogens is 344 g/mol. The van der Waals surface area contributed by atoms with Gasteiger partial charge in [0.1, 0.15) is 0 Å². The molecule has 1 aromatic heterocycles. The summed E-state index contributed by atoms with van der Waals surface area (Å²) in [5, 5.41) is 0. The van der Waals surface area contributed by atoms with Crippen LogP contribution < -0.4 is 10.5 Å². The van der Waals surface area contributed by atoms with E-state index < -0.39 is 0 Å². The number of carbonyl (C=O) groups excluding carboxylic acids is 1. The zero-order valence-electron chi connectivity index (χ0n) is 8.24. The van der Waals surface area contributed by atoms with Gasteiger partial charge in [-0.2, -0.15) is 0 Å². The van der Waals surface area contributed by atoms with E-state index in [2.05, 4.69) is 9.97 Å². The number of hydrogen-bond donors (Lipinski definition) is 1. The van der Waals surface area contributed by atoms with Gasteiger partial charge in [-0.3, -0.25) is 19.5 Å². The highest BCUT2D eigenvalue weighted by molar-refractivity contribution is 14.1. The quantitative estimate of drug-likeness (QED) is 0.636. The predicted octanol–water partition coefficient (Wildman–Crippen LogP) is 0.966. The molecule has 2 heterocycles. The molecule has 5 nitrogen and oxygen atoms in total. The second kappa shape index (κ2) is 4.70. The number of rotatable bonds is 2. The van der Waals surface area contributed by atoms with Crippen LogP contribution in [0.2, 0.25) is 0 Å². The van der Waals surface area contributed by atoms with E-state index in [1.165, 1.54) is 11.1 Å². The van der Waals surface area contributed by atoms with E-state index in [0.717, 1.165) is 0 Å². The van der Waals surface area contributed by atoms with Crippen molar-refractivity contribution in [3.8, 4) is 0 Å². The summed E-state index contributed by atoms with van der Waals surface area (Å²) in [5.74, 6) is 0.841. The molecule has 0 saturated carbocycles. The van der Waals surface area contributed by atoms with Gasteiger partial charge in [0.2, 0.25) is 11.9 Å². The number of H-pyrrole nitrogens is 1. The van der Waals surface area contributed by atoms with E-state index in [1.54, 1.807) is 0 Å². The van der Waals surface area contributed by atoms with E-state index in [4.69, 9.17) is 11.6 Å². The third-order valence-electron chi connectivity index (χ3n) is 2.42. The van der Waals surface area contributed by atoms with Crippen LogP contribution in [-0.4, -0.2) is 28.3 Å². The number of nitrogens with one attached hydrogen (secondary N) is 1. The summed E-state index contributed by atoms with van der Waals surface area (Å²) >= 11 is 7.60. The lowest BCUT2D eigenvalue weighted by Crippen LogP contribution is -2.29. The van der Waals surface area contributed by atoms with Crippen molar-refractivity contribution in [2.24, 2.45) is 5.92 Å². The number of nitrogens with zero attached hydrogens (tertiary/aromatic N) is 2. The maximum Gasteiger partial charge on any atom is 0.265 e. The fourth-order valence-corrected chi connectivity index (χ4v) is 2.08. The number of aromatic nitrogens is 2. The van der Waals surface area contributed by atoms with Gasteiger partial charge in [0.15, 0.2) is 0 Å². The zero-order chi connectivity index (χ0) is 11.7. The largest absolute Gasteiger partial charge is 0.291 e. The van der Waals surface area contributed by atoms with Crippen molar-refractivity contribution >= 4 is 46.0 Å². The minimum atomic E-state index is -0.229. The first-order chi connectivity index (χ1) is 7.61. The van der Waals surface area contributed by atoms with Gasteiger partial charge in [0.25, 0.3) is 5.56 Å². The van der Waals surface area contributed by atoms with Crippen molar-refractivity contribution in [2.45, 2.75) is 6.42 Å². The van der Waals surface area contributed by atoms with Crippen LogP contribution in [0, 0.1) is 9.49 Å². The molecule has 0 bridgehead atoms. The SMILES string of the molecule is O=C1CC(CCl)CN1c1ncc(I)c(=O)[nH]1. The lowest BCUT2D eigenvalue weighted by atomic mass is 10.2. The van der Waals surface area contributed by atoms with Crippen LogP contribution >= 0.6 is 34.2 Å². The molecule has 1 aliphatic rings. The standard InChI is InChI=1S/C9H9ClIN3O2/c10-2-5-1-7(15)14(4-5)9-12-3-6(11)8(16)13-9/h3,5H,1-2,4H2,(H,12,13,16). The topological polar surface area (TPSA) is 66.1 Å². The molecule has 0 aliphatic carbocycles. The summed E-state index contributed by atoms with van der Waals surface area (Å²) < 4.78 is 0.502. The minimum Gasteiger partial charge on any atom is -0.291 e. The highest BCUT2D eigenvalue weighted by Crippen LogP contribution is 2.22. The van der Waals surface area contributed by atoms with Crippen LogP contribution in [0.25, 0.3) is 0 Å². The molecule has 7 heteroatoms. The molecule has 1 amide bonds. The molecule has 1 aliphatic heterocycles. The normalized spacial score (nSPS) is 20.5. The van der Waals surface area contributed by atoms with Crippen molar-refractivity contribution < 1.29 is 4.79 Å². The summed E-state index contributed by atoms with van der Waals surface area (Å²) in [6.45, 7) is 0.520. The van der Waals surface area contributed by atoms with Gasteiger partial charge < -0.3 is 0 Å². The van der Waals surface area contributed by atoms with Gasteiger partial charge in [-0.25, -0.2) is 4.98 Å². The summed E-state index contributed by atoms with van der Waals surface area (Å²) in [7, 11) is 0. The highest BCUT2D eigenvalue weighted by Gasteiger charge is 2.31. The second-order valence-electron chi connectivity index (χ2n) is 3.61. The molecule has 0 radical (unpaired) electrons. The van der Waals surface area contributed by atoms with Crippen LogP contribution in [-0.2, 0) is 4.79 Å². The van der Waals surface area contributed by atoms with Crippen molar-refractivity contribution in [3.63, 3.8) is 0 Å². The van der Waals surface area contributed by atoms with Crippen LogP contribution in [0.4, 0.5) is 5.95 Å². The highest BCUT2D eigenvalue weighted by atomic mass is 127. The molecule has 16 heavy (non-hydrogen) atoms. The number of amides is 1. The third-order valence-corrected chi connectivity index (χ3v) is 3.63. The molecule has 2 rings (SSSR count). The molecule has 1 aromatic rings. The van der Waals surface area contributed by atoms with Gasteiger partial charge in [-0.15, -0.1) is 11.6 Å². The van der Waals surface area contributed by atoms with Gasteiger partial charge >= 0.3 is 0 Å². The molecule has 1 fully saturated rings. The van der Waals surface area contributed by atoms with Crippen LogP contribution in [0.3, 0.4) is 0 Å². The van der Waals surface area contributed by atoms with Gasteiger partial charge in [-0.05, 0) is 28.5 Å². The molecule has 1 saturated heterocycles. The second-order valence-corrected chi connectivity index (χ2v) is 5.08. The molecule has 1 atom stereocenters. The Labute approximate surface area is 110 Å². The van der Waals surface area contributed by atoms with Gasteiger partial charge in [0, 0.05) is 25.0 Å². The third kappa shape index (κ3) is 2.22. The van der Waals surface area contributed by atoms with Crippen LogP contribution in [0.15, 0.2) is 11.0 Å². The summed E-state index contributed by atoms with van der Waals surface area (Å²) in [6, 6.07) is 0. The van der Waals surface area contributed by atoms with E-state index in [9.17, 15) is 9.59 Å². The molecule has 0 spiro atoms. The molecule has 0 aromatic carbocycles. The summed E-state index contributed by atoms with van der Waals surface area (Å²) in [6.07, 6.45) is 1.87. The average Bonchev–Trinajstić information content (AvgIpc) is 2.64. The first-order valence-corrected chi connectivity index (χ1v) is 6.34. The van der Waals surface area contributed by atoms with Crippen molar-refractivity contribution in [1.82, 2.24) is 9.97 Å². The Kier molecular flexibility index (Phi) is 3.48. The van der Waals surface area contributed by atoms with Crippen molar-refractivity contribution in [1.29, 1.82) is 0 Å². The van der Waals surface area contributed by atoms with Crippen LogP contribution in [0.5, 0.6) is 0 Å². The van der Waals surface area contributed by atoms with E-state index in [1.807, 2.05) is 22.6 Å². The van der Waals surface area contributed by atoms with E-state index >= 15 is 0 Å². The van der Waals surface area contributed by atoms with Gasteiger partial charge in [0.05, 0.1) is 3.57 Å². The Morgan fingerprint density at radius 3 is 2.94 bits per heavy atom. The summed E-state index contributed by atoms with van der Waals surface area (Å²) in [5.41, 5.74) is -0.229. The van der Waals surface area contributed by atoms with E-state index in [-0.39, 0.29) is 17.4 Å².